The van der Waals surface area contributed by atoms with Gasteiger partial charge in [0.25, 0.3) is 0 Å². The Bertz CT molecular complexity index is 593. The van der Waals surface area contributed by atoms with Gasteiger partial charge in [-0.3, -0.25) is 0 Å². The largest absolute Gasteiger partial charge is 0.493 e. The first-order valence-electron chi connectivity index (χ1n) is 6.15. The second-order valence-corrected chi connectivity index (χ2v) is 6.46. The van der Waals surface area contributed by atoms with Crippen molar-refractivity contribution in [1.29, 1.82) is 0 Å². The van der Waals surface area contributed by atoms with Crippen molar-refractivity contribution in [2.45, 2.75) is 18.9 Å². The lowest BCUT2D eigenvalue weighted by molar-refractivity contribution is 0.0614. The number of benzene rings is 1. The van der Waals surface area contributed by atoms with Crippen LogP contribution in [0.15, 0.2) is 30.3 Å². The molecule has 0 spiro atoms. The summed E-state index contributed by atoms with van der Waals surface area (Å²) >= 11 is 7.32. The fourth-order valence-corrected chi connectivity index (χ4v) is 3.17. The van der Waals surface area contributed by atoms with E-state index in [2.05, 4.69) is 0 Å². The quantitative estimate of drug-likeness (QED) is 0.911. The maximum atomic E-state index is 10.6. The predicted molar refractivity (Wildman–Crippen MR) is 82.1 cm³/mol. The zero-order valence-corrected chi connectivity index (χ0v) is 13.2. The summed E-state index contributed by atoms with van der Waals surface area (Å²) in [4.78, 5) is 0.845. The van der Waals surface area contributed by atoms with Gasteiger partial charge in [0, 0.05) is 11.3 Å². The van der Waals surface area contributed by atoms with Crippen LogP contribution in [0.5, 0.6) is 11.5 Å². The molecule has 0 aliphatic carbocycles. The van der Waals surface area contributed by atoms with Crippen molar-refractivity contribution in [2.75, 3.05) is 14.2 Å². The number of hydrogen-bond donors (Lipinski definition) is 1. The van der Waals surface area contributed by atoms with E-state index in [0.29, 0.717) is 22.3 Å². The van der Waals surface area contributed by atoms with Crippen LogP contribution in [0.25, 0.3) is 0 Å². The van der Waals surface area contributed by atoms with Crippen molar-refractivity contribution in [3.05, 3.63) is 45.1 Å². The van der Waals surface area contributed by atoms with Crippen LogP contribution in [0, 0.1) is 0 Å². The first kappa shape index (κ1) is 15.2. The molecule has 1 heterocycles. The number of thiophene rings is 1. The Morgan fingerprint density at radius 2 is 1.85 bits per heavy atom. The molecule has 1 aromatic heterocycles. The Labute approximate surface area is 127 Å². The van der Waals surface area contributed by atoms with Crippen LogP contribution in [0.1, 0.15) is 17.4 Å². The predicted octanol–water partition coefficient (Wildman–Crippen LogP) is 3.87. The molecule has 0 aliphatic heterocycles. The molecule has 108 valence electrons. The second kappa shape index (κ2) is 6.04. The van der Waals surface area contributed by atoms with Gasteiger partial charge in [0.15, 0.2) is 11.5 Å². The average Bonchev–Trinajstić information content (AvgIpc) is 2.85. The molecule has 0 aliphatic rings. The van der Waals surface area contributed by atoms with E-state index in [1.165, 1.54) is 11.3 Å². The first-order chi connectivity index (χ1) is 9.46. The third-order valence-corrected chi connectivity index (χ3v) is 4.58. The molecule has 20 heavy (non-hydrogen) atoms. The first-order valence-corrected chi connectivity index (χ1v) is 7.35. The molecule has 1 N–H and O–H groups in total. The fourth-order valence-electron chi connectivity index (χ4n) is 2.08. The summed E-state index contributed by atoms with van der Waals surface area (Å²) in [5.74, 6) is 1.33. The van der Waals surface area contributed by atoms with Gasteiger partial charge < -0.3 is 14.6 Å². The van der Waals surface area contributed by atoms with E-state index in [1.54, 1.807) is 27.2 Å². The maximum Gasteiger partial charge on any atom is 0.160 e. The van der Waals surface area contributed by atoms with E-state index in [-0.39, 0.29) is 0 Å². The third-order valence-electron chi connectivity index (χ3n) is 3.10. The van der Waals surface area contributed by atoms with Crippen LogP contribution < -0.4 is 9.47 Å². The van der Waals surface area contributed by atoms with Gasteiger partial charge in [-0.05, 0) is 36.8 Å². The summed E-state index contributed by atoms with van der Waals surface area (Å²) in [6, 6.07) is 9.29. The molecule has 0 amide bonds. The summed E-state index contributed by atoms with van der Waals surface area (Å²) in [5.41, 5.74) is 0.00870. The van der Waals surface area contributed by atoms with Crippen molar-refractivity contribution < 1.29 is 14.6 Å². The number of halogens is 1. The van der Waals surface area contributed by atoms with E-state index < -0.39 is 5.60 Å². The lowest BCUT2D eigenvalue weighted by atomic mass is 9.95. The molecular weight excluding hydrogens is 296 g/mol. The van der Waals surface area contributed by atoms with Crippen LogP contribution >= 0.6 is 22.9 Å². The van der Waals surface area contributed by atoms with Crippen molar-refractivity contribution in [3.8, 4) is 11.5 Å². The molecule has 0 saturated carbocycles. The van der Waals surface area contributed by atoms with Crippen molar-refractivity contribution in [3.63, 3.8) is 0 Å². The van der Waals surface area contributed by atoms with Crippen LogP contribution in [0.3, 0.4) is 0 Å². The standard InChI is InChI=1S/C15H17ClO3S/c1-15(17,13-6-7-14(16)20-13)9-10-4-5-11(18-2)12(8-10)19-3/h4-8,17H,9H2,1-3H3. The van der Waals surface area contributed by atoms with Crippen molar-refractivity contribution >= 4 is 22.9 Å². The van der Waals surface area contributed by atoms with Gasteiger partial charge in [-0.25, -0.2) is 0 Å². The number of rotatable bonds is 5. The van der Waals surface area contributed by atoms with E-state index in [9.17, 15) is 5.11 Å². The minimum absolute atomic E-state index is 0.476. The molecule has 1 aromatic carbocycles. The van der Waals surface area contributed by atoms with Gasteiger partial charge in [-0.2, -0.15) is 0 Å². The second-order valence-electron chi connectivity index (χ2n) is 4.74. The number of methoxy groups -OCH3 is 2. The zero-order chi connectivity index (χ0) is 14.8. The molecule has 0 radical (unpaired) electrons. The molecule has 5 heteroatoms. The zero-order valence-electron chi connectivity index (χ0n) is 11.6. The molecule has 2 aromatic rings. The summed E-state index contributed by atoms with van der Waals surface area (Å²) in [6.07, 6.45) is 0.476. The molecule has 3 nitrogen and oxygen atoms in total. The summed E-state index contributed by atoms with van der Waals surface area (Å²) in [5, 5.41) is 10.6. The number of ether oxygens (including phenoxy) is 2. The Balaban J connectivity index is 2.25. The van der Waals surface area contributed by atoms with E-state index in [1.807, 2.05) is 24.3 Å². The topological polar surface area (TPSA) is 38.7 Å². The van der Waals surface area contributed by atoms with E-state index >= 15 is 0 Å². The van der Waals surface area contributed by atoms with Gasteiger partial charge in [0.05, 0.1) is 18.6 Å². The maximum absolute atomic E-state index is 10.6. The number of hydrogen-bond acceptors (Lipinski definition) is 4. The minimum Gasteiger partial charge on any atom is -0.493 e. The molecular formula is C15H17ClO3S. The summed E-state index contributed by atoms with van der Waals surface area (Å²) in [6.45, 7) is 1.78. The fraction of sp³-hybridized carbons (Fsp3) is 0.333. The van der Waals surface area contributed by atoms with Crippen LogP contribution in [0.2, 0.25) is 4.34 Å². The lowest BCUT2D eigenvalue weighted by Gasteiger charge is -2.22. The molecule has 0 fully saturated rings. The molecule has 1 unspecified atom stereocenters. The van der Waals surface area contributed by atoms with E-state index in [4.69, 9.17) is 21.1 Å². The minimum atomic E-state index is -0.961. The normalized spacial score (nSPS) is 13.8. The highest BCUT2D eigenvalue weighted by atomic mass is 35.5. The molecule has 1 atom stereocenters. The van der Waals surface area contributed by atoms with Gasteiger partial charge in [0.1, 0.15) is 5.60 Å². The third kappa shape index (κ3) is 3.26. The Hall–Kier alpha value is -1.23. The monoisotopic (exact) mass is 312 g/mol. The summed E-state index contributed by atoms with van der Waals surface area (Å²) < 4.78 is 11.2. The Morgan fingerprint density at radius 1 is 1.15 bits per heavy atom. The van der Waals surface area contributed by atoms with Gasteiger partial charge >= 0.3 is 0 Å². The lowest BCUT2D eigenvalue weighted by Crippen LogP contribution is -2.22. The van der Waals surface area contributed by atoms with Gasteiger partial charge in [-0.1, -0.05) is 17.7 Å². The Morgan fingerprint density at radius 3 is 2.40 bits per heavy atom. The highest BCUT2D eigenvalue weighted by Crippen LogP contribution is 2.35. The SMILES string of the molecule is COc1ccc(CC(C)(O)c2ccc(Cl)s2)cc1OC. The molecule has 2 rings (SSSR count). The van der Waals surface area contributed by atoms with E-state index in [0.717, 1.165) is 10.4 Å². The molecule has 0 saturated heterocycles. The molecule has 0 bridgehead atoms. The van der Waals surface area contributed by atoms with Gasteiger partial charge in [0.2, 0.25) is 0 Å². The van der Waals surface area contributed by atoms with Crippen LogP contribution in [0.4, 0.5) is 0 Å². The smallest absolute Gasteiger partial charge is 0.160 e. The van der Waals surface area contributed by atoms with Gasteiger partial charge in [-0.15, -0.1) is 11.3 Å². The Kier molecular flexibility index (Phi) is 4.58. The highest BCUT2D eigenvalue weighted by Gasteiger charge is 2.26. The van der Waals surface area contributed by atoms with Crippen LogP contribution in [-0.2, 0) is 12.0 Å². The number of aliphatic hydroxyl groups is 1. The van der Waals surface area contributed by atoms with Crippen LogP contribution in [-0.4, -0.2) is 19.3 Å². The summed E-state index contributed by atoms with van der Waals surface area (Å²) in [7, 11) is 3.19. The highest BCUT2D eigenvalue weighted by molar-refractivity contribution is 7.16. The van der Waals surface area contributed by atoms with Crippen molar-refractivity contribution in [1.82, 2.24) is 0 Å². The van der Waals surface area contributed by atoms with Crippen molar-refractivity contribution in [2.24, 2.45) is 0 Å². The average molecular weight is 313 g/mol.